The minimum atomic E-state index is 1.21. The molecule has 0 saturated heterocycles. The molecule has 0 fully saturated rings. The van der Waals surface area contributed by atoms with Crippen molar-refractivity contribution in [2.45, 2.75) is 13.8 Å². The first-order valence-corrected chi connectivity index (χ1v) is 20.2. The minimum absolute atomic E-state index is 1.21. The largest absolute Gasteiger partial charge is 0.0622 e. The molecule has 0 aliphatic heterocycles. The molecule has 0 aromatic heterocycles. The van der Waals surface area contributed by atoms with E-state index in [2.05, 4.69) is 220 Å². The molecule has 0 bridgehead atoms. The molecule has 11 rings (SSSR count). The quantitative estimate of drug-likeness (QED) is 0.122. The third-order valence-electron chi connectivity index (χ3n) is 12.1. The fourth-order valence-corrected chi connectivity index (χ4v) is 9.49. The second kappa shape index (κ2) is 13.7. The molecule has 272 valence electrons. The Kier molecular flexibility index (Phi) is 8.05. The predicted molar refractivity (Wildman–Crippen MR) is 251 cm³/mol. The lowest BCUT2D eigenvalue weighted by Gasteiger charge is -2.23. The van der Waals surface area contributed by atoms with Gasteiger partial charge in [0.25, 0.3) is 0 Å². The van der Waals surface area contributed by atoms with E-state index in [0.717, 1.165) is 0 Å². The first-order valence-electron chi connectivity index (χ1n) is 20.2. The van der Waals surface area contributed by atoms with E-state index in [1.807, 2.05) is 0 Å². The topological polar surface area (TPSA) is 0 Å². The van der Waals surface area contributed by atoms with Gasteiger partial charge >= 0.3 is 0 Å². The van der Waals surface area contributed by atoms with E-state index in [0.29, 0.717) is 0 Å². The van der Waals surface area contributed by atoms with Gasteiger partial charge in [0.1, 0.15) is 0 Å². The lowest BCUT2D eigenvalue weighted by molar-refractivity contribution is 1.47. The number of hydrogen-bond donors (Lipinski definition) is 0. The monoisotopic (exact) mass is 736 g/mol. The van der Waals surface area contributed by atoms with Crippen LogP contribution in [0.3, 0.4) is 0 Å². The zero-order chi connectivity index (χ0) is 38.7. The van der Waals surface area contributed by atoms with E-state index in [4.69, 9.17) is 0 Å². The maximum Gasteiger partial charge on any atom is -0.00201 e. The fourth-order valence-electron chi connectivity index (χ4n) is 9.49. The summed E-state index contributed by atoms with van der Waals surface area (Å²) in [4.78, 5) is 0. The van der Waals surface area contributed by atoms with E-state index >= 15 is 0 Å². The molecule has 0 spiro atoms. The highest BCUT2D eigenvalue weighted by Crippen LogP contribution is 2.51. The SMILES string of the molecule is Cc1cccc(-c2c3ccc(-c4ccccc4)cc3c(-c3cccc(C)c3)c3cc4c(cc23)c(-c2ccccc2)c(-c2ccc3ccccc3c2)c2ccccc24)c1. The minimum Gasteiger partial charge on any atom is -0.0622 e. The van der Waals surface area contributed by atoms with E-state index in [1.165, 1.54) is 121 Å². The van der Waals surface area contributed by atoms with Crippen LogP contribution in [0.1, 0.15) is 11.1 Å². The molecule has 0 N–H and O–H groups in total. The molecule has 11 aromatic carbocycles. The van der Waals surface area contributed by atoms with Gasteiger partial charge in [-0.15, -0.1) is 0 Å². The van der Waals surface area contributed by atoms with Crippen molar-refractivity contribution in [1.29, 1.82) is 0 Å². The third kappa shape index (κ3) is 5.60. The Bertz CT molecular complexity index is 3390. The van der Waals surface area contributed by atoms with E-state index in [9.17, 15) is 0 Å². The predicted octanol–water partition coefficient (Wildman–Crippen LogP) is 16.4. The Morgan fingerprint density at radius 3 is 1.36 bits per heavy atom. The van der Waals surface area contributed by atoms with Crippen molar-refractivity contribution < 1.29 is 0 Å². The summed E-state index contributed by atoms with van der Waals surface area (Å²) in [5.41, 5.74) is 14.9. The van der Waals surface area contributed by atoms with Gasteiger partial charge in [-0.2, -0.15) is 0 Å². The third-order valence-corrected chi connectivity index (χ3v) is 12.1. The summed E-state index contributed by atoms with van der Waals surface area (Å²) in [6.45, 7) is 4.40. The highest BCUT2D eigenvalue weighted by molar-refractivity contribution is 6.29. The molecule has 0 amide bonds. The van der Waals surface area contributed by atoms with Crippen LogP contribution in [0, 0.1) is 13.8 Å². The molecule has 11 aromatic rings. The standard InChI is InChI=1S/C58H40/c1-37-15-13-23-44(31-37)55-49-30-29-43(39-17-5-3-6-18-39)34-51(49)56(45-24-14-16-38(2)32-45)53-35-50-47-25-11-12-26-48(47)58(46-28-27-40-19-9-10-22-42(40)33-46)57(52(50)36-54(53)55)41-20-7-4-8-21-41/h3-36H,1-2H3. The summed E-state index contributed by atoms with van der Waals surface area (Å²) in [6, 6.07) is 76.8. The van der Waals surface area contributed by atoms with Crippen LogP contribution in [-0.2, 0) is 0 Å². The second-order valence-electron chi connectivity index (χ2n) is 15.8. The maximum atomic E-state index is 2.53. The average Bonchev–Trinajstić information content (AvgIpc) is 3.27. The van der Waals surface area contributed by atoms with Crippen LogP contribution in [0.4, 0.5) is 0 Å². The number of aryl methyl sites for hydroxylation is 2. The van der Waals surface area contributed by atoms with Gasteiger partial charge in [0.2, 0.25) is 0 Å². The number of rotatable bonds is 5. The summed E-state index contributed by atoms with van der Waals surface area (Å²) in [5, 5.41) is 12.5. The molecular formula is C58H40. The van der Waals surface area contributed by atoms with Crippen LogP contribution in [-0.4, -0.2) is 0 Å². The van der Waals surface area contributed by atoms with Crippen molar-refractivity contribution in [1.82, 2.24) is 0 Å². The molecular weight excluding hydrogens is 697 g/mol. The number of fused-ring (bicyclic) bond motifs is 6. The average molecular weight is 737 g/mol. The van der Waals surface area contributed by atoms with Crippen molar-refractivity contribution in [2.24, 2.45) is 0 Å². The molecule has 0 unspecified atom stereocenters. The molecule has 0 heterocycles. The number of benzene rings is 11. The van der Waals surface area contributed by atoms with Crippen molar-refractivity contribution in [2.75, 3.05) is 0 Å². The van der Waals surface area contributed by atoms with Crippen LogP contribution in [0.25, 0.3) is 109 Å². The Labute approximate surface area is 339 Å². The summed E-state index contributed by atoms with van der Waals surface area (Å²) in [5.74, 6) is 0. The van der Waals surface area contributed by atoms with Crippen LogP contribution < -0.4 is 0 Å². The maximum absolute atomic E-state index is 2.53. The smallest absolute Gasteiger partial charge is 0.00201 e. The Balaban J connectivity index is 1.38. The van der Waals surface area contributed by atoms with Crippen LogP contribution >= 0.6 is 0 Å². The van der Waals surface area contributed by atoms with Gasteiger partial charge in [0, 0.05) is 0 Å². The summed E-state index contributed by atoms with van der Waals surface area (Å²) >= 11 is 0. The van der Waals surface area contributed by atoms with Crippen molar-refractivity contribution in [3.8, 4) is 55.6 Å². The van der Waals surface area contributed by atoms with Gasteiger partial charge in [0.15, 0.2) is 0 Å². The van der Waals surface area contributed by atoms with Gasteiger partial charge in [-0.05, 0) is 148 Å². The molecule has 0 saturated carbocycles. The highest BCUT2D eigenvalue weighted by atomic mass is 14.3. The Hall–Kier alpha value is -7.28. The van der Waals surface area contributed by atoms with E-state index in [-0.39, 0.29) is 0 Å². The molecule has 0 radical (unpaired) electrons. The van der Waals surface area contributed by atoms with Crippen LogP contribution in [0.15, 0.2) is 206 Å². The molecule has 0 heteroatoms. The van der Waals surface area contributed by atoms with Gasteiger partial charge < -0.3 is 0 Å². The van der Waals surface area contributed by atoms with Crippen LogP contribution in [0.5, 0.6) is 0 Å². The van der Waals surface area contributed by atoms with Crippen molar-refractivity contribution in [3.05, 3.63) is 217 Å². The highest BCUT2D eigenvalue weighted by Gasteiger charge is 2.23. The van der Waals surface area contributed by atoms with E-state index in [1.54, 1.807) is 0 Å². The summed E-state index contributed by atoms with van der Waals surface area (Å²) in [7, 11) is 0. The van der Waals surface area contributed by atoms with E-state index < -0.39 is 0 Å². The van der Waals surface area contributed by atoms with Crippen molar-refractivity contribution >= 4 is 53.9 Å². The van der Waals surface area contributed by atoms with Gasteiger partial charge in [-0.1, -0.05) is 193 Å². The molecule has 58 heavy (non-hydrogen) atoms. The lowest BCUT2D eigenvalue weighted by Crippen LogP contribution is -1.95. The first-order chi connectivity index (χ1) is 28.6. The Morgan fingerprint density at radius 1 is 0.207 bits per heavy atom. The van der Waals surface area contributed by atoms with Crippen LogP contribution in [0.2, 0.25) is 0 Å². The Morgan fingerprint density at radius 2 is 0.672 bits per heavy atom. The second-order valence-corrected chi connectivity index (χ2v) is 15.8. The normalized spacial score (nSPS) is 11.6. The van der Waals surface area contributed by atoms with Gasteiger partial charge in [-0.3, -0.25) is 0 Å². The summed E-state index contributed by atoms with van der Waals surface area (Å²) in [6.07, 6.45) is 0. The first kappa shape index (κ1) is 34.0. The zero-order valence-electron chi connectivity index (χ0n) is 32.6. The number of hydrogen-bond acceptors (Lipinski definition) is 0. The van der Waals surface area contributed by atoms with Gasteiger partial charge in [0.05, 0.1) is 0 Å². The summed E-state index contributed by atoms with van der Waals surface area (Å²) < 4.78 is 0. The molecule has 0 aliphatic carbocycles. The van der Waals surface area contributed by atoms with Gasteiger partial charge in [-0.25, -0.2) is 0 Å². The van der Waals surface area contributed by atoms with Crippen molar-refractivity contribution in [3.63, 3.8) is 0 Å². The fraction of sp³-hybridized carbons (Fsp3) is 0.0345. The molecule has 0 nitrogen and oxygen atoms in total. The lowest BCUT2D eigenvalue weighted by atomic mass is 9.80. The molecule has 0 aliphatic rings. The molecule has 0 atom stereocenters. The zero-order valence-corrected chi connectivity index (χ0v) is 32.6.